The average Bonchev–Trinajstić information content (AvgIpc) is 2.92. The average molecular weight is 287 g/mol. The Kier molecular flexibility index (Phi) is 5.58. The Labute approximate surface area is 118 Å². The highest BCUT2D eigenvalue weighted by molar-refractivity contribution is 6.30. The molecule has 0 bridgehead atoms. The number of nitrogens with two attached hydrogens (primary N) is 1. The zero-order chi connectivity index (χ0) is 13.7. The zero-order valence-electron chi connectivity index (χ0n) is 10.9. The summed E-state index contributed by atoms with van der Waals surface area (Å²) in [6.45, 7) is 0.869. The molecular weight excluding hydrogens is 267 g/mol. The summed E-state index contributed by atoms with van der Waals surface area (Å²) in [6.07, 6.45) is 5.24. The Morgan fingerprint density at radius 3 is 3.00 bits per heavy atom. The van der Waals surface area contributed by atoms with E-state index in [2.05, 4.69) is 5.43 Å². The molecule has 3 N–H and O–H groups in total. The third-order valence-electron chi connectivity index (χ3n) is 3.56. The molecule has 1 aliphatic rings. The van der Waals surface area contributed by atoms with Crippen LogP contribution in [0, 0.1) is 5.82 Å². The molecular formula is C14H20ClFN2O. The molecule has 1 fully saturated rings. The van der Waals surface area contributed by atoms with Crippen molar-refractivity contribution in [1.82, 2.24) is 5.43 Å². The second-order valence-corrected chi connectivity index (χ2v) is 5.44. The minimum Gasteiger partial charge on any atom is -0.378 e. The van der Waals surface area contributed by atoms with E-state index in [1.807, 2.05) is 6.07 Å². The summed E-state index contributed by atoms with van der Waals surface area (Å²) in [4.78, 5) is 0. The summed E-state index contributed by atoms with van der Waals surface area (Å²) in [5.41, 5.74) is 3.70. The summed E-state index contributed by atoms with van der Waals surface area (Å²) in [7, 11) is 0. The van der Waals surface area contributed by atoms with Gasteiger partial charge in [-0.2, -0.15) is 0 Å². The van der Waals surface area contributed by atoms with Gasteiger partial charge in [-0.25, -0.2) is 4.39 Å². The smallest absolute Gasteiger partial charge is 0.142 e. The van der Waals surface area contributed by atoms with Gasteiger partial charge in [0.1, 0.15) is 5.82 Å². The van der Waals surface area contributed by atoms with Crippen LogP contribution in [0.5, 0.6) is 0 Å². The standard InChI is InChI=1S/C14H20ClFN2O/c15-13-6-3-10(9-14(13)16)8-11(18-17)4-5-12-2-1-7-19-12/h3,6,9,11-12,18H,1-2,4-5,7-8,17H2. The van der Waals surface area contributed by atoms with Gasteiger partial charge in [-0.15, -0.1) is 0 Å². The van der Waals surface area contributed by atoms with Gasteiger partial charge >= 0.3 is 0 Å². The van der Waals surface area contributed by atoms with Crippen molar-refractivity contribution in [3.63, 3.8) is 0 Å². The Bertz CT molecular complexity index is 410. The number of halogens is 2. The Morgan fingerprint density at radius 1 is 1.53 bits per heavy atom. The van der Waals surface area contributed by atoms with Gasteiger partial charge in [0.15, 0.2) is 0 Å². The third kappa shape index (κ3) is 4.42. The lowest BCUT2D eigenvalue weighted by atomic mass is 10.00. The fraction of sp³-hybridized carbons (Fsp3) is 0.571. The SMILES string of the molecule is NNC(CCC1CCCO1)Cc1ccc(Cl)c(F)c1. The largest absolute Gasteiger partial charge is 0.378 e. The highest BCUT2D eigenvalue weighted by Gasteiger charge is 2.18. The van der Waals surface area contributed by atoms with Crippen LogP contribution in [0.3, 0.4) is 0 Å². The predicted octanol–water partition coefficient (Wildman–Crippen LogP) is 2.81. The molecule has 1 saturated heterocycles. The van der Waals surface area contributed by atoms with E-state index in [0.717, 1.165) is 37.9 Å². The van der Waals surface area contributed by atoms with Crippen molar-refractivity contribution in [2.45, 2.75) is 44.2 Å². The predicted molar refractivity (Wildman–Crippen MR) is 74.4 cm³/mol. The molecule has 1 heterocycles. The van der Waals surface area contributed by atoms with Gasteiger partial charge in [0.05, 0.1) is 11.1 Å². The highest BCUT2D eigenvalue weighted by atomic mass is 35.5. The molecule has 0 radical (unpaired) electrons. The van der Waals surface area contributed by atoms with Crippen molar-refractivity contribution in [2.24, 2.45) is 5.84 Å². The maximum atomic E-state index is 13.4. The van der Waals surface area contributed by atoms with Crippen molar-refractivity contribution in [2.75, 3.05) is 6.61 Å². The highest BCUT2D eigenvalue weighted by Crippen LogP contribution is 2.20. The number of hydrogen-bond acceptors (Lipinski definition) is 3. The third-order valence-corrected chi connectivity index (χ3v) is 3.87. The lowest BCUT2D eigenvalue weighted by Crippen LogP contribution is -2.37. The molecule has 0 spiro atoms. The number of rotatable bonds is 6. The van der Waals surface area contributed by atoms with Gasteiger partial charge in [-0.1, -0.05) is 17.7 Å². The first-order valence-electron chi connectivity index (χ1n) is 6.70. The maximum absolute atomic E-state index is 13.4. The monoisotopic (exact) mass is 286 g/mol. The van der Waals surface area contributed by atoms with E-state index >= 15 is 0 Å². The Morgan fingerprint density at radius 2 is 2.37 bits per heavy atom. The first-order chi connectivity index (χ1) is 9.19. The molecule has 0 saturated carbocycles. The van der Waals surface area contributed by atoms with E-state index in [1.54, 1.807) is 6.07 Å². The van der Waals surface area contributed by atoms with Crippen LogP contribution >= 0.6 is 11.6 Å². The van der Waals surface area contributed by atoms with Crippen LogP contribution in [-0.4, -0.2) is 18.8 Å². The van der Waals surface area contributed by atoms with Crippen LogP contribution in [0.15, 0.2) is 18.2 Å². The summed E-state index contributed by atoms with van der Waals surface area (Å²) in [5.74, 6) is 5.18. The molecule has 2 unspecified atom stereocenters. The molecule has 1 aromatic rings. The molecule has 0 aliphatic carbocycles. The van der Waals surface area contributed by atoms with Crippen molar-refractivity contribution in [3.8, 4) is 0 Å². The van der Waals surface area contributed by atoms with E-state index < -0.39 is 0 Å². The summed E-state index contributed by atoms with van der Waals surface area (Å²) >= 11 is 5.67. The molecule has 19 heavy (non-hydrogen) atoms. The minimum absolute atomic E-state index is 0.129. The van der Waals surface area contributed by atoms with Crippen molar-refractivity contribution in [3.05, 3.63) is 34.6 Å². The minimum atomic E-state index is -0.380. The van der Waals surface area contributed by atoms with Crippen LogP contribution in [0.4, 0.5) is 4.39 Å². The molecule has 0 aromatic heterocycles. The second-order valence-electron chi connectivity index (χ2n) is 5.03. The molecule has 2 atom stereocenters. The van der Waals surface area contributed by atoms with Gasteiger partial charge in [0.2, 0.25) is 0 Å². The van der Waals surface area contributed by atoms with E-state index in [0.29, 0.717) is 12.5 Å². The fourth-order valence-corrected chi connectivity index (χ4v) is 2.57. The Balaban J connectivity index is 1.85. The van der Waals surface area contributed by atoms with Gasteiger partial charge in [-0.3, -0.25) is 11.3 Å². The molecule has 1 aliphatic heterocycles. The van der Waals surface area contributed by atoms with Gasteiger partial charge in [0.25, 0.3) is 0 Å². The van der Waals surface area contributed by atoms with Crippen LogP contribution in [0.1, 0.15) is 31.2 Å². The molecule has 2 rings (SSSR count). The summed E-state index contributed by atoms with van der Waals surface area (Å²) < 4.78 is 18.9. The van der Waals surface area contributed by atoms with E-state index in [4.69, 9.17) is 22.2 Å². The van der Waals surface area contributed by atoms with Gasteiger partial charge in [0, 0.05) is 12.6 Å². The fourth-order valence-electron chi connectivity index (χ4n) is 2.45. The first-order valence-corrected chi connectivity index (χ1v) is 7.08. The number of benzene rings is 1. The second kappa shape index (κ2) is 7.20. The zero-order valence-corrected chi connectivity index (χ0v) is 11.6. The van der Waals surface area contributed by atoms with Crippen molar-refractivity contribution in [1.29, 1.82) is 0 Å². The number of nitrogens with one attached hydrogen (secondary N) is 1. The van der Waals surface area contributed by atoms with E-state index in [1.165, 1.54) is 6.07 Å². The molecule has 106 valence electrons. The number of ether oxygens (including phenoxy) is 1. The number of hydrogen-bond donors (Lipinski definition) is 2. The molecule has 0 amide bonds. The molecule has 1 aromatic carbocycles. The van der Waals surface area contributed by atoms with E-state index in [-0.39, 0.29) is 16.9 Å². The van der Waals surface area contributed by atoms with Crippen molar-refractivity contribution >= 4 is 11.6 Å². The van der Waals surface area contributed by atoms with Crippen LogP contribution in [-0.2, 0) is 11.2 Å². The van der Waals surface area contributed by atoms with Gasteiger partial charge < -0.3 is 4.74 Å². The normalized spacial score (nSPS) is 20.7. The molecule has 5 heteroatoms. The first kappa shape index (κ1) is 14.7. The quantitative estimate of drug-likeness (QED) is 0.624. The summed E-state index contributed by atoms with van der Waals surface area (Å²) in [6, 6.07) is 5.02. The van der Waals surface area contributed by atoms with Gasteiger partial charge in [-0.05, 0) is 49.8 Å². The van der Waals surface area contributed by atoms with Crippen LogP contribution in [0.2, 0.25) is 5.02 Å². The number of hydrazine groups is 1. The molecule has 3 nitrogen and oxygen atoms in total. The van der Waals surface area contributed by atoms with Crippen molar-refractivity contribution < 1.29 is 9.13 Å². The summed E-state index contributed by atoms with van der Waals surface area (Å²) in [5, 5.41) is 0.153. The Hall–Kier alpha value is -0.680. The lowest BCUT2D eigenvalue weighted by molar-refractivity contribution is 0.0996. The lowest BCUT2D eigenvalue weighted by Gasteiger charge is -2.18. The maximum Gasteiger partial charge on any atom is 0.142 e. The topological polar surface area (TPSA) is 47.3 Å². The van der Waals surface area contributed by atoms with Crippen LogP contribution < -0.4 is 11.3 Å². The van der Waals surface area contributed by atoms with E-state index in [9.17, 15) is 4.39 Å². The van der Waals surface area contributed by atoms with Crippen LogP contribution in [0.25, 0.3) is 0 Å².